The maximum atomic E-state index is 13.2. The Morgan fingerprint density at radius 1 is 1.17 bits per heavy atom. The van der Waals surface area contributed by atoms with Crippen LogP contribution in [0.25, 0.3) is 0 Å². The van der Waals surface area contributed by atoms with E-state index in [9.17, 15) is 9.59 Å². The number of halogens is 1. The summed E-state index contributed by atoms with van der Waals surface area (Å²) in [6.07, 6.45) is 2.05. The lowest BCUT2D eigenvalue weighted by Gasteiger charge is -2.34. The second-order valence-electron chi connectivity index (χ2n) is 7.53. The fourth-order valence-electron chi connectivity index (χ4n) is 4.39. The van der Waals surface area contributed by atoms with Gasteiger partial charge in [-0.15, -0.1) is 0 Å². The molecule has 0 saturated carbocycles. The Kier molecular flexibility index (Phi) is 4.64. The molecule has 150 valence electrons. The minimum atomic E-state index is -0.470. The molecule has 1 saturated heterocycles. The fourth-order valence-corrected chi connectivity index (χ4v) is 4.59. The topological polar surface area (TPSA) is 87.3 Å². The number of nitrogens with one attached hydrogen (secondary N) is 2. The van der Waals surface area contributed by atoms with Crippen molar-refractivity contribution in [3.63, 3.8) is 0 Å². The van der Waals surface area contributed by atoms with Gasteiger partial charge in [-0.25, -0.2) is 0 Å². The van der Waals surface area contributed by atoms with Crippen LogP contribution in [0.3, 0.4) is 0 Å². The monoisotopic (exact) mass is 412 g/mol. The van der Waals surface area contributed by atoms with Gasteiger partial charge in [0.15, 0.2) is 5.78 Å². The van der Waals surface area contributed by atoms with Gasteiger partial charge in [-0.3, -0.25) is 14.6 Å². The van der Waals surface area contributed by atoms with Crippen molar-refractivity contribution in [3.05, 3.63) is 62.0 Å². The molecule has 3 aliphatic rings. The maximum Gasteiger partial charge on any atom is 0.258 e. The van der Waals surface area contributed by atoms with Crippen LogP contribution in [0.1, 0.15) is 36.3 Å². The Bertz CT molecular complexity index is 1070. The Labute approximate surface area is 172 Å². The molecule has 0 bridgehead atoms. The Morgan fingerprint density at radius 2 is 2.00 bits per heavy atom. The zero-order chi connectivity index (χ0) is 20.0. The first kappa shape index (κ1) is 18.4. The van der Waals surface area contributed by atoms with Crippen LogP contribution in [0.4, 0.5) is 11.8 Å². The third-order valence-corrected chi connectivity index (χ3v) is 5.97. The number of allylic oxidation sites excluding steroid dienone is 2. The fraction of sp³-hybridized carbons (Fsp3) is 0.381. The van der Waals surface area contributed by atoms with E-state index in [0.29, 0.717) is 60.6 Å². The number of carbonyl (C=O) groups excluding carboxylic acids is 1. The van der Waals surface area contributed by atoms with Gasteiger partial charge >= 0.3 is 0 Å². The predicted octanol–water partition coefficient (Wildman–Crippen LogP) is 2.82. The molecule has 2 aliphatic heterocycles. The molecule has 0 amide bonds. The first-order valence-electron chi connectivity index (χ1n) is 9.87. The number of nitrogens with zero attached hydrogens (tertiary/aromatic N) is 2. The quantitative estimate of drug-likeness (QED) is 0.788. The molecule has 1 aromatic heterocycles. The zero-order valence-electron chi connectivity index (χ0n) is 15.8. The number of fused-ring (bicyclic) bond motifs is 1. The number of anilines is 2. The van der Waals surface area contributed by atoms with Gasteiger partial charge in [0.25, 0.3) is 5.56 Å². The van der Waals surface area contributed by atoms with Gasteiger partial charge in [0.2, 0.25) is 5.95 Å². The van der Waals surface area contributed by atoms with Crippen molar-refractivity contribution in [2.45, 2.75) is 25.2 Å². The Hall–Kier alpha value is -2.64. The molecule has 1 aliphatic carbocycles. The zero-order valence-corrected chi connectivity index (χ0v) is 16.6. The summed E-state index contributed by atoms with van der Waals surface area (Å²) in [4.78, 5) is 35.7. The van der Waals surface area contributed by atoms with E-state index < -0.39 is 5.92 Å². The van der Waals surface area contributed by atoms with E-state index in [1.165, 1.54) is 0 Å². The minimum Gasteiger partial charge on any atom is -0.378 e. The van der Waals surface area contributed by atoms with Gasteiger partial charge in [0.1, 0.15) is 5.82 Å². The highest BCUT2D eigenvalue weighted by Gasteiger charge is 2.38. The number of H-pyrrole nitrogens is 1. The number of hydrogen-bond donors (Lipinski definition) is 2. The summed E-state index contributed by atoms with van der Waals surface area (Å²) in [6.45, 7) is 2.55. The van der Waals surface area contributed by atoms with Crippen LogP contribution < -0.4 is 15.8 Å². The molecule has 7 nitrogen and oxygen atoms in total. The van der Waals surface area contributed by atoms with E-state index >= 15 is 0 Å². The summed E-state index contributed by atoms with van der Waals surface area (Å²) in [7, 11) is 0. The number of ketones is 1. The molecule has 1 fully saturated rings. The smallest absolute Gasteiger partial charge is 0.258 e. The standard InChI is InChI=1S/C21H21ClN4O3/c22-13-4-1-3-12(11-13)16-17-14(5-2-6-15(17)27)23-19-18(16)20(28)25-21(24-19)26-7-9-29-10-8-26/h1,3-4,11,16H,2,5-10H2,(H2,23,24,25,28). The van der Waals surface area contributed by atoms with E-state index in [1.807, 2.05) is 23.1 Å². The Balaban J connectivity index is 1.68. The highest BCUT2D eigenvalue weighted by atomic mass is 35.5. The molecule has 5 rings (SSSR count). The van der Waals surface area contributed by atoms with Crippen molar-refractivity contribution in [1.29, 1.82) is 0 Å². The van der Waals surface area contributed by atoms with Gasteiger partial charge in [-0.05, 0) is 30.5 Å². The summed E-state index contributed by atoms with van der Waals surface area (Å²) in [5.74, 6) is 0.656. The van der Waals surface area contributed by atoms with E-state index in [4.69, 9.17) is 21.3 Å². The van der Waals surface area contributed by atoms with Crippen LogP contribution >= 0.6 is 11.6 Å². The second kappa shape index (κ2) is 7.31. The highest BCUT2D eigenvalue weighted by molar-refractivity contribution is 6.30. The predicted molar refractivity (Wildman–Crippen MR) is 111 cm³/mol. The van der Waals surface area contributed by atoms with Crippen molar-refractivity contribution >= 4 is 29.2 Å². The van der Waals surface area contributed by atoms with Crippen molar-refractivity contribution in [1.82, 2.24) is 9.97 Å². The summed E-state index contributed by atoms with van der Waals surface area (Å²) >= 11 is 6.23. The van der Waals surface area contributed by atoms with Crippen molar-refractivity contribution in [3.8, 4) is 0 Å². The average Bonchev–Trinajstić information content (AvgIpc) is 2.73. The van der Waals surface area contributed by atoms with Gasteiger partial charge in [-0.1, -0.05) is 23.7 Å². The van der Waals surface area contributed by atoms with E-state index in [2.05, 4.69) is 10.3 Å². The maximum absolute atomic E-state index is 13.2. The number of morpholine rings is 1. The number of Topliss-reactive ketones (excluding diaryl/α,β-unsaturated/α-hetero) is 1. The molecule has 8 heteroatoms. The number of hydrogen-bond acceptors (Lipinski definition) is 6. The first-order valence-corrected chi connectivity index (χ1v) is 10.3. The molecule has 3 heterocycles. The molecule has 1 atom stereocenters. The number of aromatic nitrogens is 2. The third kappa shape index (κ3) is 3.24. The highest BCUT2D eigenvalue weighted by Crippen LogP contribution is 2.43. The molecular weight excluding hydrogens is 392 g/mol. The third-order valence-electron chi connectivity index (χ3n) is 5.74. The van der Waals surface area contributed by atoms with Gasteiger partial charge in [-0.2, -0.15) is 4.98 Å². The molecular formula is C21H21ClN4O3. The number of carbonyl (C=O) groups is 1. The minimum absolute atomic E-state index is 0.0750. The van der Waals surface area contributed by atoms with E-state index in [0.717, 1.165) is 24.1 Å². The van der Waals surface area contributed by atoms with Crippen molar-refractivity contribution in [2.24, 2.45) is 0 Å². The normalized spacial score (nSPS) is 21.5. The van der Waals surface area contributed by atoms with Crippen molar-refractivity contribution < 1.29 is 9.53 Å². The SMILES string of the molecule is O=C1CCCC2=C1C(c1cccc(Cl)c1)c1c(nc(N3CCOCC3)[nH]c1=O)N2. The molecule has 1 aromatic carbocycles. The Morgan fingerprint density at radius 3 is 2.79 bits per heavy atom. The van der Waals surface area contributed by atoms with Crippen LogP contribution in [0.5, 0.6) is 0 Å². The first-order chi connectivity index (χ1) is 14.1. The molecule has 29 heavy (non-hydrogen) atoms. The lowest BCUT2D eigenvalue weighted by atomic mass is 9.76. The van der Waals surface area contributed by atoms with E-state index in [1.54, 1.807) is 6.07 Å². The van der Waals surface area contributed by atoms with Gasteiger partial charge in [0.05, 0.1) is 18.8 Å². The molecule has 1 unspecified atom stereocenters. The van der Waals surface area contributed by atoms with Crippen LogP contribution in [0.2, 0.25) is 5.02 Å². The molecule has 2 N–H and O–H groups in total. The summed E-state index contributed by atoms with van der Waals surface area (Å²) in [6, 6.07) is 7.36. The van der Waals surface area contributed by atoms with Gasteiger partial charge < -0.3 is 15.0 Å². The van der Waals surface area contributed by atoms with E-state index in [-0.39, 0.29) is 11.3 Å². The van der Waals surface area contributed by atoms with Crippen molar-refractivity contribution in [2.75, 3.05) is 36.5 Å². The number of ether oxygens (including phenoxy) is 1. The average molecular weight is 413 g/mol. The summed E-state index contributed by atoms with van der Waals surface area (Å²) in [5, 5.41) is 3.87. The molecule has 2 aromatic rings. The number of benzene rings is 1. The number of rotatable bonds is 2. The second-order valence-corrected chi connectivity index (χ2v) is 7.97. The molecule has 0 spiro atoms. The summed E-state index contributed by atoms with van der Waals surface area (Å²) in [5.41, 5.74) is 2.59. The van der Waals surface area contributed by atoms with Crippen LogP contribution in [-0.2, 0) is 9.53 Å². The number of aromatic amines is 1. The summed E-state index contributed by atoms with van der Waals surface area (Å²) < 4.78 is 5.40. The lowest BCUT2D eigenvalue weighted by Crippen LogP contribution is -2.40. The lowest BCUT2D eigenvalue weighted by molar-refractivity contribution is -0.116. The van der Waals surface area contributed by atoms with Crippen LogP contribution in [0.15, 0.2) is 40.3 Å². The van der Waals surface area contributed by atoms with Crippen LogP contribution in [0, 0.1) is 0 Å². The molecule has 0 radical (unpaired) electrons. The van der Waals surface area contributed by atoms with Crippen LogP contribution in [-0.4, -0.2) is 42.1 Å². The van der Waals surface area contributed by atoms with Gasteiger partial charge in [0, 0.05) is 41.7 Å². The largest absolute Gasteiger partial charge is 0.378 e.